The second-order valence-corrected chi connectivity index (χ2v) is 9.22. The monoisotopic (exact) mass is 474 g/mol. The summed E-state index contributed by atoms with van der Waals surface area (Å²) in [4.78, 5) is 26.4. The number of carbonyl (C=O) groups excluding carboxylic acids is 2. The van der Waals surface area contributed by atoms with Crippen LogP contribution in [0.3, 0.4) is 0 Å². The molecule has 34 heavy (non-hydrogen) atoms. The Morgan fingerprint density at radius 2 is 1.53 bits per heavy atom. The third kappa shape index (κ3) is 4.49. The molecule has 4 rings (SSSR count). The third-order valence-electron chi connectivity index (χ3n) is 5.13. The lowest BCUT2D eigenvalue weighted by Crippen LogP contribution is -2.42. The van der Waals surface area contributed by atoms with E-state index in [2.05, 4.69) is 11.9 Å². The first-order chi connectivity index (χ1) is 16.4. The molecule has 1 amide bonds. The SMILES string of the molecule is C=CCN1C(C(=O)c2ccccc2)=C(NC(=O)COc2ccccc2)c2ccccc2S1(=O)=O. The molecule has 7 nitrogen and oxygen atoms in total. The Labute approximate surface area is 198 Å². The lowest BCUT2D eigenvalue weighted by Gasteiger charge is -2.33. The van der Waals surface area contributed by atoms with Crippen LogP contribution in [0.1, 0.15) is 15.9 Å². The number of ketones is 1. The number of fused-ring (bicyclic) bond motifs is 1. The van der Waals surface area contributed by atoms with Gasteiger partial charge >= 0.3 is 0 Å². The maximum absolute atomic E-state index is 13.6. The number of allylic oxidation sites excluding steroid dienone is 1. The van der Waals surface area contributed by atoms with Crippen LogP contribution in [-0.2, 0) is 14.8 Å². The van der Waals surface area contributed by atoms with Gasteiger partial charge in [-0.3, -0.25) is 13.9 Å². The number of amides is 1. The van der Waals surface area contributed by atoms with Gasteiger partial charge in [0.1, 0.15) is 11.4 Å². The predicted octanol–water partition coefficient (Wildman–Crippen LogP) is 3.62. The van der Waals surface area contributed by atoms with Crippen molar-refractivity contribution in [3.8, 4) is 5.75 Å². The van der Waals surface area contributed by atoms with E-state index in [0.29, 0.717) is 5.75 Å². The molecule has 0 radical (unpaired) electrons. The van der Waals surface area contributed by atoms with Gasteiger partial charge in [-0.1, -0.05) is 72.8 Å². The van der Waals surface area contributed by atoms with Crippen molar-refractivity contribution < 1.29 is 22.7 Å². The van der Waals surface area contributed by atoms with Gasteiger partial charge in [-0.2, -0.15) is 0 Å². The van der Waals surface area contributed by atoms with Crippen molar-refractivity contribution in [3.05, 3.63) is 114 Å². The second-order valence-electron chi connectivity index (χ2n) is 7.39. The molecule has 0 atom stereocenters. The van der Waals surface area contributed by atoms with Crippen molar-refractivity contribution in [2.75, 3.05) is 13.2 Å². The van der Waals surface area contributed by atoms with E-state index >= 15 is 0 Å². The van der Waals surface area contributed by atoms with Gasteiger partial charge in [0.15, 0.2) is 6.61 Å². The van der Waals surface area contributed by atoms with Crippen LogP contribution in [0.2, 0.25) is 0 Å². The largest absolute Gasteiger partial charge is 0.484 e. The normalized spacial score (nSPS) is 14.2. The van der Waals surface area contributed by atoms with E-state index < -0.39 is 21.7 Å². The zero-order valence-electron chi connectivity index (χ0n) is 18.2. The quantitative estimate of drug-likeness (QED) is 0.398. The Morgan fingerprint density at radius 3 is 2.21 bits per heavy atom. The highest BCUT2D eigenvalue weighted by molar-refractivity contribution is 7.89. The zero-order valence-corrected chi connectivity index (χ0v) is 19.0. The molecule has 3 aromatic rings. The summed E-state index contributed by atoms with van der Waals surface area (Å²) in [6, 6.07) is 23.3. The van der Waals surface area contributed by atoms with Gasteiger partial charge < -0.3 is 10.1 Å². The molecule has 0 spiro atoms. The van der Waals surface area contributed by atoms with Crippen molar-refractivity contribution in [2.45, 2.75) is 4.90 Å². The molecule has 0 unspecified atom stereocenters. The van der Waals surface area contributed by atoms with Crippen LogP contribution in [0.25, 0.3) is 5.70 Å². The summed E-state index contributed by atoms with van der Waals surface area (Å²) < 4.78 is 33.4. The molecular weight excluding hydrogens is 452 g/mol. The van der Waals surface area contributed by atoms with Gasteiger partial charge in [-0.05, 0) is 18.2 Å². The smallest absolute Gasteiger partial charge is 0.265 e. The maximum atomic E-state index is 13.6. The molecule has 0 bridgehead atoms. The average molecular weight is 475 g/mol. The number of para-hydroxylation sites is 1. The number of Topliss-reactive ketones (excluding diaryl/α,β-unsaturated/α-hetero) is 1. The van der Waals surface area contributed by atoms with E-state index in [-0.39, 0.29) is 40.6 Å². The molecule has 1 aliphatic rings. The average Bonchev–Trinajstić information content (AvgIpc) is 2.87. The van der Waals surface area contributed by atoms with Gasteiger partial charge in [0.05, 0.1) is 17.1 Å². The second kappa shape index (κ2) is 9.76. The van der Waals surface area contributed by atoms with Crippen molar-refractivity contribution in [1.82, 2.24) is 9.62 Å². The first kappa shape index (κ1) is 23.0. The molecule has 3 aromatic carbocycles. The molecule has 0 saturated heterocycles. The van der Waals surface area contributed by atoms with Gasteiger partial charge in [0.2, 0.25) is 5.78 Å². The summed E-state index contributed by atoms with van der Waals surface area (Å²) in [6.07, 6.45) is 1.39. The zero-order chi connectivity index (χ0) is 24.1. The van der Waals surface area contributed by atoms with E-state index in [1.807, 2.05) is 6.07 Å². The van der Waals surface area contributed by atoms with E-state index in [4.69, 9.17) is 4.74 Å². The van der Waals surface area contributed by atoms with E-state index in [1.54, 1.807) is 72.8 Å². The molecule has 1 aliphatic heterocycles. The number of hydrogen-bond donors (Lipinski definition) is 1. The predicted molar refractivity (Wildman–Crippen MR) is 128 cm³/mol. The number of carbonyl (C=O) groups is 2. The summed E-state index contributed by atoms with van der Waals surface area (Å²) in [5, 5.41) is 2.73. The van der Waals surface area contributed by atoms with Crippen LogP contribution < -0.4 is 10.1 Å². The summed E-state index contributed by atoms with van der Waals surface area (Å²) in [6.45, 7) is 3.17. The van der Waals surface area contributed by atoms with E-state index in [9.17, 15) is 18.0 Å². The first-order valence-electron chi connectivity index (χ1n) is 10.5. The Hall–Kier alpha value is -4.17. The fourth-order valence-corrected chi connectivity index (χ4v) is 5.27. The lowest BCUT2D eigenvalue weighted by atomic mass is 10.0. The van der Waals surface area contributed by atoms with Crippen LogP contribution in [0.5, 0.6) is 5.75 Å². The number of sulfonamides is 1. The minimum absolute atomic E-state index is 0.0132. The minimum atomic E-state index is -4.07. The highest BCUT2D eigenvalue weighted by atomic mass is 32.2. The lowest BCUT2D eigenvalue weighted by molar-refractivity contribution is -0.121. The summed E-state index contributed by atoms with van der Waals surface area (Å²) >= 11 is 0. The fraction of sp³-hybridized carbons (Fsp3) is 0.0769. The molecule has 172 valence electrons. The summed E-state index contributed by atoms with van der Waals surface area (Å²) in [7, 11) is -4.07. The maximum Gasteiger partial charge on any atom is 0.265 e. The number of ether oxygens (including phenoxy) is 1. The first-order valence-corrected chi connectivity index (χ1v) is 11.9. The van der Waals surface area contributed by atoms with Gasteiger partial charge in [-0.15, -0.1) is 6.58 Å². The summed E-state index contributed by atoms with van der Waals surface area (Å²) in [5.74, 6) is -0.572. The van der Waals surface area contributed by atoms with Crippen LogP contribution in [0.15, 0.2) is 108 Å². The third-order valence-corrected chi connectivity index (χ3v) is 6.96. The molecule has 1 heterocycles. The Kier molecular flexibility index (Phi) is 6.60. The van der Waals surface area contributed by atoms with Crippen LogP contribution >= 0.6 is 0 Å². The number of rotatable bonds is 8. The van der Waals surface area contributed by atoms with E-state index in [1.165, 1.54) is 12.1 Å². The van der Waals surface area contributed by atoms with E-state index in [0.717, 1.165) is 4.31 Å². The van der Waals surface area contributed by atoms with Crippen molar-refractivity contribution >= 4 is 27.4 Å². The molecule has 8 heteroatoms. The number of benzene rings is 3. The molecule has 0 aliphatic carbocycles. The molecule has 0 fully saturated rings. The van der Waals surface area contributed by atoms with Crippen LogP contribution in [-0.4, -0.2) is 37.6 Å². The van der Waals surface area contributed by atoms with Crippen molar-refractivity contribution in [2.24, 2.45) is 0 Å². The van der Waals surface area contributed by atoms with Gasteiger partial charge in [0, 0.05) is 11.1 Å². The number of nitrogens with one attached hydrogen (secondary N) is 1. The molecular formula is C26H22N2O5S. The highest BCUT2D eigenvalue weighted by Crippen LogP contribution is 2.36. The Balaban J connectivity index is 1.81. The molecule has 1 N–H and O–H groups in total. The van der Waals surface area contributed by atoms with Crippen molar-refractivity contribution in [3.63, 3.8) is 0 Å². The Morgan fingerprint density at radius 1 is 0.912 bits per heavy atom. The van der Waals surface area contributed by atoms with Crippen LogP contribution in [0.4, 0.5) is 0 Å². The fourth-order valence-electron chi connectivity index (χ4n) is 3.62. The highest BCUT2D eigenvalue weighted by Gasteiger charge is 2.40. The summed E-state index contributed by atoms with van der Waals surface area (Å²) in [5.41, 5.74) is 0.462. The number of nitrogens with zero attached hydrogens (tertiary/aromatic N) is 1. The Bertz CT molecular complexity index is 1370. The topological polar surface area (TPSA) is 92.8 Å². The van der Waals surface area contributed by atoms with Crippen molar-refractivity contribution in [1.29, 1.82) is 0 Å². The minimum Gasteiger partial charge on any atom is -0.484 e. The van der Waals surface area contributed by atoms with Gasteiger partial charge in [0.25, 0.3) is 15.9 Å². The number of hydrogen-bond acceptors (Lipinski definition) is 5. The molecule has 0 aromatic heterocycles. The standard InChI is InChI=1S/C26H22N2O5S/c1-2-17-28-25(26(30)19-11-5-3-6-12-19)24(21-15-9-10-16-22(21)34(28,31)32)27-23(29)18-33-20-13-7-4-8-14-20/h2-16H,1,17-18H2,(H,27,29). The van der Waals surface area contributed by atoms with Crippen LogP contribution in [0, 0.1) is 0 Å². The molecule has 0 saturated carbocycles. The van der Waals surface area contributed by atoms with Gasteiger partial charge in [-0.25, -0.2) is 8.42 Å².